The largest absolute Gasteiger partial charge is 0.368 e. The van der Waals surface area contributed by atoms with E-state index >= 15 is 0 Å². The molecule has 0 aromatic carbocycles. The number of rotatable bonds is 2. The Bertz CT molecular complexity index is 731. The van der Waals surface area contributed by atoms with E-state index in [1.54, 1.807) is 17.9 Å². The minimum Gasteiger partial charge on any atom is -0.368 e. The Morgan fingerprint density at radius 2 is 2.18 bits per heavy atom. The molecule has 22 heavy (non-hydrogen) atoms. The monoisotopic (exact) mass is 301 g/mol. The summed E-state index contributed by atoms with van der Waals surface area (Å²) in [6.07, 6.45) is 2.63. The van der Waals surface area contributed by atoms with Crippen molar-refractivity contribution in [1.29, 1.82) is 0 Å². The number of morpholine rings is 1. The number of hydrogen-bond acceptors (Lipinski definition) is 6. The van der Waals surface area contributed by atoms with Crippen LogP contribution in [0.4, 0.5) is 0 Å². The number of amides is 1. The topological polar surface area (TPSA) is 101 Å². The van der Waals surface area contributed by atoms with Gasteiger partial charge in [-0.1, -0.05) is 0 Å². The van der Waals surface area contributed by atoms with Crippen LogP contribution in [0.15, 0.2) is 29.3 Å². The van der Waals surface area contributed by atoms with Crippen molar-refractivity contribution in [2.24, 2.45) is 0 Å². The summed E-state index contributed by atoms with van der Waals surface area (Å²) in [5.74, 6) is 0.412. The molecule has 8 heteroatoms. The molecule has 0 spiro atoms. The lowest BCUT2D eigenvalue weighted by molar-refractivity contribution is -0.0252. The molecule has 1 saturated heterocycles. The van der Waals surface area contributed by atoms with Crippen LogP contribution in [0.5, 0.6) is 0 Å². The minimum absolute atomic E-state index is 0.151. The first kappa shape index (κ1) is 14.3. The Morgan fingerprint density at radius 1 is 1.41 bits per heavy atom. The second kappa shape index (κ2) is 6.02. The van der Waals surface area contributed by atoms with Crippen LogP contribution in [0.1, 0.15) is 28.2 Å². The summed E-state index contributed by atoms with van der Waals surface area (Å²) in [7, 11) is 0. The first-order valence-electron chi connectivity index (χ1n) is 6.89. The van der Waals surface area contributed by atoms with Gasteiger partial charge < -0.3 is 14.6 Å². The molecule has 0 radical (unpaired) electrons. The maximum absolute atomic E-state index is 12.4. The van der Waals surface area contributed by atoms with Crippen LogP contribution in [0.25, 0.3) is 0 Å². The van der Waals surface area contributed by atoms with Gasteiger partial charge in [0.15, 0.2) is 0 Å². The molecular weight excluding hydrogens is 286 g/mol. The van der Waals surface area contributed by atoms with E-state index in [2.05, 4.69) is 19.9 Å². The van der Waals surface area contributed by atoms with E-state index in [0.717, 1.165) is 0 Å². The zero-order valence-electron chi connectivity index (χ0n) is 12.0. The molecule has 8 nitrogen and oxygen atoms in total. The van der Waals surface area contributed by atoms with Crippen molar-refractivity contribution in [2.45, 2.75) is 13.0 Å². The summed E-state index contributed by atoms with van der Waals surface area (Å²) in [6, 6.07) is 3.05. The van der Waals surface area contributed by atoms with Crippen LogP contribution in [-0.4, -0.2) is 50.4 Å². The van der Waals surface area contributed by atoms with E-state index in [4.69, 9.17) is 4.74 Å². The lowest BCUT2D eigenvalue weighted by Crippen LogP contribution is -2.43. The minimum atomic E-state index is -0.428. The molecule has 1 fully saturated rings. The standard InChI is InChI=1S/C14H15N5O3/c1-9-17-10(7-12(20)18-9)11-8-19(5-6-22-11)14(21)13-15-3-2-4-16-13/h2-4,7,11H,5-6,8H2,1H3,(H,17,18,20)/t11-/m1/s1. The highest BCUT2D eigenvalue weighted by atomic mass is 16.5. The predicted octanol–water partition coefficient (Wildman–Crippen LogP) is 0.0820. The van der Waals surface area contributed by atoms with Crippen LogP contribution < -0.4 is 5.56 Å². The van der Waals surface area contributed by atoms with Gasteiger partial charge in [0.25, 0.3) is 11.5 Å². The summed E-state index contributed by atoms with van der Waals surface area (Å²) in [5, 5.41) is 0. The van der Waals surface area contributed by atoms with Gasteiger partial charge in [0.2, 0.25) is 5.82 Å². The molecule has 3 rings (SSSR count). The number of nitrogens with one attached hydrogen (secondary N) is 1. The zero-order chi connectivity index (χ0) is 15.5. The van der Waals surface area contributed by atoms with Crippen molar-refractivity contribution in [3.05, 3.63) is 52.2 Å². The summed E-state index contributed by atoms with van der Waals surface area (Å²) in [6.45, 7) is 2.84. The first-order valence-corrected chi connectivity index (χ1v) is 6.89. The number of aromatic amines is 1. The number of hydrogen-bond donors (Lipinski definition) is 1. The van der Waals surface area contributed by atoms with Gasteiger partial charge in [-0.3, -0.25) is 9.59 Å². The van der Waals surface area contributed by atoms with E-state index in [1.807, 2.05) is 0 Å². The van der Waals surface area contributed by atoms with E-state index in [9.17, 15) is 9.59 Å². The van der Waals surface area contributed by atoms with Gasteiger partial charge in [-0.2, -0.15) is 0 Å². The van der Waals surface area contributed by atoms with Crippen molar-refractivity contribution in [1.82, 2.24) is 24.8 Å². The number of nitrogens with zero attached hydrogens (tertiary/aromatic N) is 4. The van der Waals surface area contributed by atoms with Crippen molar-refractivity contribution in [2.75, 3.05) is 19.7 Å². The van der Waals surface area contributed by atoms with Crippen molar-refractivity contribution < 1.29 is 9.53 Å². The molecule has 0 aliphatic carbocycles. The van der Waals surface area contributed by atoms with E-state index in [0.29, 0.717) is 31.2 Å². The van der Waals surface area contributed by atoms with E-state index < -0.39 is 6.10 Å². The summed E-state index contributed by atoms with van der Waals surface area (Å²) in [5.41, 5.74) is 0.286. The fourth-order valence-corrected chi connectivity index (χ4v) is 2.33. The lowest BCUT2D eigenvalue weighted by atomic mass is 10.2. The van der Waals surface area contributed by atoms with Crippen LogP contribution in [0.3, 0.4) is 0 Å². The highest BCUT2D eigenvalue weighted by molar-refractivity contribution is 5.90. The molecule has 1 amide bonds. The highest BCUT2D eigenvalue weighted by Gasteiger charge is 2.28. The Kier molecular flexibility index (Phi) is 3.92. The van der Waals surface area contributed by atoms with Gasteiger partial charge >= 0.3 is 0 Å². The van der Waals surface area contributed by atoms with Gasteiger partial charge in [0.05, 0.1) is 18.8 Å². The van der Waals surface area contributed by atoms with Crippen molar-refractivity contribution >= 4 is 5.91 Å². The molecule has 0 saturated carbocycles. The van der Waals surface area contributed by atoms with Crippen LogP contribution in [0, 0.1) is 6.92 Å². The maximum atomic E-state index is 12.4. The van der Waals surface area contributed by atoms with Crippen molar-refractivity contribution in [3.8, 4) is 0 Å². The van der Waals surface area contributed by atoms with Crippen molar-refractivity contribution in [3.63, 3.8) is 0 Å². The molecule has 2 aromatic heterocycles. The fourth-order valence-electron chi connectivity index (χ4n) is 2.33. The number of carbonyl (C=O) groups is 1. The third-order valence-corrected chi connectivity index (χ3v) is 3.32. The number of aryl methyl sites for hydroxylation is 1. The Hall–Kier alpha value is -2.61. The van der Waals surface area contributed by atoms with Gasteiger partial charge in [0.1, 0.15) is 11.9 Å². The summed E-state index contributed by atoms with van der Waals surface area (Å²) < 4.78 is 5.64. The smallest absolute Gasteiger partial charge is 0.291 e. The van der Waals surface area contributed by atoms with E-state index in [1.165, 1.54) is 18.5 Å². The fraction of sp³-hybridized carbons (Fsp3) is 0.357. The quantitative estimate of drug-likeness (QED) is 0.843. The molecule has 1 aliphatic heterocycles. The second-order valence-corrected chi connectivity index (χ2v) is 4.94. The average Bonchev–Trinajstić information content (AvgIpc) is 2.54. The first-order chi connectivity index (χ1) is 10.6. The average molecular weight is 301 g/mol. The zero-order valence-corrected chi connectivity index (χ0v) is 12.0. The molecule has 0 bridgehead atoms. The molecule has 1 atom stereocenters. The highest BCUT2D eigenvalue weighted by Crippen LogP contribution is 2.20. The van der Waals surface area contributed by atoms with Crippen LogP contribution in [0.2, 0.25) is 0 Å². The number of aromatic nitrogens is 4. The Morgan fingerprint density at radius 3 is 2.91 bits per heavy atom. The molecular formula is C14H15N5O3. The second-order valence-electron chi connectivity index (χ2n) is 4.94. The number of H-pyrrole nitrogens is 1. The molecule has 2 aromatic rings. The SMILES string of the molecule is Cc1nc([C@H]2CN(C(=O)c3ncccn3)CCO2)cc(=O)[nH]1. The number of carbonyl (C=O) groups excluding carboxylic acids is 1. The molecule has 1 N–H and O–H groups in total. The van der Waals surface area contributed by atoms with Crippen LogP contribution in [-0.2, 0) is 4.74 Å². The van der Waals surface area contributed by atoms with Gasteiger partial charge in [0, 0.05) is 25.0 Å². The molecule has 1 aliphatic rings. The lowest BCUT2D eigenvalue weighted by Gasteiger charge is -2.32. The maximum Gasteiger partial charge on any atom is 0.291 e. The van der Waals surface area contributed by atoms with Gasteiger partial charge in [-0.05, 0) is 13.0 Å². The van der Waals surface area contributed by atoms with E-state index in [-0.39, 0.29) is 17.3 Å². The molecule has 3 heterocycles. The third-order valence-electron chi connectivity index (χ3n) is 3.32. The molecule has 114 valence electrons. The normalized spacial score (nSPS) is 18.2. The van der Waals surface area contributed by atoms with Gasteiger partial charge in [-0.15, -0.1) is 0 Å². The number of ether oxygens (including phenoxy) is 1. The molecule has 0 unspecified atom stereocenters. The Labute approximate surface area is 126 Å². The van der Waals surface area contributed by atoms with Crippen LogP contribution >= 0.6 is 0 Å². The summed E-state index contributed by atoms with van der Waals surface area (Å²) in [4.78, 5) is 40.3. The summed E-state index contributed by atoms with van der Waals surface area (Å²) >= 11 is 0. The Balaban J connectivity index is 1.79. The third kappa shape index (κ3) is 3.01. The predicted molar refractivity (Wildman–Crippen MR) is 76.2 cm³/mol. The van der Waals surface area contributed by atoms with Gasteiger partial charge in [-0.25, -0.2) is 15.0 Å².